The van der Waals surface area contributed by atoms with Crippen LogP contribution in [0.25, 0.3) is 0 Å². The first-order valence-electron chi connectivity index (χ1n) is 5.50. The van der Waals surface area contributed by atoms with Gasteiger partial charge in [-0.1, -0.05) is 18.2 Å². The van der Waals surface area contributed by atoms with Gasteiger partial charge in [0, 0.05) is 24.4 Å². The maximum absolute atomic E-state index is 12.5. The highest BCUT2D eigenvalue weighted by molar-refractivity contribution is 5.36. The molecule has 100 valence electrons. The summed E-state index contributed by atoms with van der Waals surface area (Å²) in [7, 11) is 0. The fourth-order valence-electron chi connectivity index (χ4n) is 1.53. The van der Waals surface area contributed by atoms with E-state index in [9.17, 15) is 13.2 Å². The normalized spacial score (nSPS) is 11.4. The number of nitrogens with zero attached hydrogens (tertiary/aromatic N) is 1. The summed E-state index contributed by atoms with van der Waals surface area (Å²) in [6.45, 7) is 0.231. The second-order valence-electron chi connectivity index (χ2n) is 3.79. The van der Waals surface area contributed by atoms with Gasteiger partial charge in [0.15, 0.2) is 0 Å². The molecule has 1 aromatic carbocycles. The van der Waals surface area contributed by atoms with Gasteiger partial charge in [0.05, 0.1) is 5.56 Å². The Morgan fingerprint density at radius 1 is 1.16 bits per heavy atom. The van der Waals surface area contributed by atoms with E-state index in [1.807, 2.05) is 0 Å². The molecule has 6 heteroatoms. The molecule has 0 bridgehead atoms. The van der Waals surface area contributed by atoms with Crippen molar-refractivity contribution in [2.75, 3.05) is 0 Å². The largest absolute Gasteiger partial charge is 0.439 e. The summed E-state index contributed by atoms with van der Waals surface area (Å²) < 4.78 is 43.0. The van der Waals surface area contributed by atoms with Gasteiger partial charge in [0.25, 0.3) is 0 Å². The average molecular weight is 268 g/mol. The fraction of sp³-hybridized carbons (Fsp3) is 0.154. The number of aromatic nitrogens is 1. The number of benzene rings is 1. The zero-order chi connectivity index (χ0) is 13.9. The summed E-state index contributed by atoms with van der Waals surface area (Å²) in [6.07, 6.45) is -3.36. The Morgan fingerprint density at radius 3 is 2.58 bits per heavy atom. The number of alkyl halides is 3. The fourth-order valence-corrected chi connectivity index (χ4v) is 1.53. The Balaban J connectivity index is 2.29. The molecular weight excluding hydrogens is 257 g/mol. The standard InChI is InChI=1S/C13H11F3N2O/c14-13(15,16)10-5-6-18-12(7-10)19-11-4-2-1-3-9(11)8-17/h1-7H,8,17H2. The number of nitrogens with two attached hydrogens (primary N) is 1. The van der Waals surface area contributed by atoms with Crippen molar-refractivity contribution in [3.8, 4) is 11.6 Å². The molecule has 1 heterocycles. The minimum atomic E-state index is -4.42. The highest BCUT2D eigenvalue weighted by Gasteiger charge is 2.31. The summed E-state index contributed by atoms with van der Waals surface area (Å²) in [6, 6.07) is 8.60. The Morgan fingerprint density at radius 2 is 1.89 bits per heavy atom. The van der Waals surface area contributed by atoms with E-state index in [0.717, 1.165) is 18.3 Å². The molecule has 0 radical (unpaired) electrons. The third-order valence-electron chi connectivity index (χ3n) is 2.47. The summed E-state index contributed by atoms with van der Waals surface area (Å²) in [4.78, 5) is 3.76. The van der Waals surface area contributed by atoms with Gasteiger partial charge < -0.3 is 10.5 Å². The van der Waals surface area contributed by atoms with Gasteiger partial charge in [-0.25, -0.2) is 4.98 Å². The van der Waals surface area contributed by atoms with Gasteiger partial charge in [-0.3, -0.25) is 0 Å². The van der Waals surface area contributed by atoms with Gasteiger partial charge >= 0.3 is 6.18 Å². The molecule has 2 aromatic rings. The number of para-hydroxylation sites is 1. The van der Waals surface area contributed by atoms with Crippen LogP contribution < -0.4 is 10.5 Å². The summed E-state index contributed by atoms with van der Waals surface area (Å²) in [5.41, 5.74) is 5.42. The lowest BCUT2D eigenvalue weighted by Gasteiger charge is -2.11. The third-order valence-corrected chi connectivity index (χ3v) is 2.47. The van der Waals surface area contributed by atoms with Crippen molar-refractivity contribution in [3.63, 3.8) is 0 Å². The molecule has 0 saturated carbocycles. The second-order valence-corrected chi connectivity index (χ2v) is 3.79. The van der Waals surface area contributed by atoms with E-state index in [1.54, 1.807) is 24.3 Å². The van der Waals surface area contributed by atoms with Crippen molar-refractivity contribution in [3.05, 3.63) is 53.7 Å². The van der Waals surface area contributed by atoms with Crippen LogP contribution in [-0.4, -0.2) is 4.98 Å². The molecule has 0 saturated heterocycles. The van der Waals surface area contributed by atoms with Crippen LogP contribution in [0, 0.1) is 0 Å². The third kappa shape index (κ3) is 3.23. The second kappa shape index (κ2) is 5.27. The van der Waals surface area contributed by atoms with Crippen molar-refractivity contribution >= 4 is 0 Å². The lowest BCUT2D eigenvalue weighted by atomic mass is 10.2. The van der Waals surface area contributed by atoms with Crippen molar-refractivity contribution in [2.45, 2.75) is 12.7 Å². The van der Waals surface area contributed by atoms with Gasteiger partial charge in [-0.2, -0.15) is 13.2 Å². The van der Waals surface area contributed by atoms with Crippen LogP contribution in [0.4, 0.5) is 13.2 Å². The molecule has 0 aliphatic rings. The van der Waals surface area contributed by atoms with E-state index in [1.165, 1.54) is 0 Å². The molecule has 19 heavy (non-hydrogen) atoms. The number of halogens is 3. The van der Waals surface area contributed by atoms with E-state index in [0.29, 0.717) is 11.3 Å². The number of hydrogen-bond acceptors (Lipinski definition) is 3. The topological polar surface area (TPSA) is 48.1 Å². The molecule has 0 aliphatic heterocycles. The maximum Gasteiger partial charge on any atom is 0.416 e. The van der Waals surface area contributed by atoms with Crippen LogP contribution in [0.2, 0.25) is 0 Å². The predicted molar refractivity (Wildman–Crippen MR) is 63.6 cm³/mol. The number of pyridine rings is 1. The van der Waals surface area contributed by atoms with Crippen LogP contribution in [0.1, 0.15) is 11.1 Å². The van der Waals surface area contributed by atoms with E-state index in [-0.39, 0.29) is 12.4 Å². The first kappa shape index (κ1) is 13.4. The van der Waals surface area contributed by atoms with Crippen molar-refractivity contribution in [1.82, 2.24) is 4.98 Å². The quantitative estimate of drug-likeness (QED) is 0.928. The van der Waals surface area contributed by atoms with Crippen LogP contribution in [0.3, 0.4) is 0 Å². The predicted octanol–water partition coefficient (Wildman–Crippen LogP) is 3.35. The SMILES string of the molecule is NCc1ccccc1Oc1cc(C(F)(F)F)ccn1. The van der Waals surface area contributed by atoms with E-state index >= 15 is 0 Å². The van der Waals surface area contributed by atoms with Gasteiger partial charge in [0.1, 0.15) is 5.75 Å². The Bertz CT molecular complexity index is 570. The van der Waals surface area contributed by atoms with Crippen LogP contribution in [-0.2, 0) is 12.7 Å². The Kier molecular flexibility index (Phi) is 3.71. The van der Waals surface area contributed by atoms with Crippen LogP contribution in [0.5, 0.6) is 11.6 Å². The lowest BCUT2D eigenvalue weighted by Crippen LogP contribution is -2.05. The molecule has 0 amide bonds. The highest BCUT2D eigenvalue weighted by atomic mass is 19.4. The molecular formula is C13H11F3N2O. The first-order chi connectivity index (χ1) is 9.00. The Labute approximate surface area is 107 Å². The van der Waals surface area contributed by atoms with Crippen molar-refractivity contribution < 1.29 is 17.9 Å². The molecule has 2 rings (SSSR count). The van der Waals surface area contributed by atoms with Crippen molar-refractivity contribution in [2.24, 2.45) is 5.73 Å². The number of hydrogen-bond donors (Lipinski definition) is 1. The van der Waals surface area contributed by atoms with E-state index < -0.39 is 11.7 Å². The summed E-state index contributed by atoms with van der Waals surface area (Å²) in [5.74, 6) is 0.285. The van der Waals surface area contributed by atoms with E-state index in [2.05, 4.69) is 4.98 Å². The average Bonchev–Trinajstić information content (AvgIpc) is 2.39. The molecule has 0 fully saturated rings. The number of ether oxygens (including phenoxy) is 1. The van der Waals surface area contributed by atoms with Crippen LogP contribution >= 0.6 is 0 Å². The van der Waals surface area contributed by atoms with E-state index in [4.69, 9.17) is 10.5 Å². The van der Waals surface area contributed by atoms with Crippen molar-refractivity contribution in [1.29, 1.82) is 0 Å². The highest BCUT2D eigenvalue weighted by Crippen LogP contribution is 2.32. The maximum atomic E-state index is 12.5. The smallest absolute Gasteiger partial charge is 0.416 e. The molecule has 0 aliphatic carbocycles. The summed E-state index contributed by atoms with van der Waals surface area (Å²) >= 11 is 0. The van der Waals surface area contributed by atoms with Gasteiger partial charge in [-0.15, -0.1) is 0 Å². The minimum absolute atomic E-state index is 0.115. The molecule has 2 N–H and O–H groups in total. The zero-order valence-corrected chi connectivity index (χ0v) is 9.82. The molecule has 3 nitrogen and oxygen atoms in total. The van der Waals surface area contributed by atoms with Crippen LogP contribution in [0.15, 0.2) is 42.6 Å². The first-order valence-corrected chi connectivity index (χ1v) is 5.50. The van der Waals surface area contributed by atoms with Gasteiger partial charge in [-0.05, 0) is 12.1 Å². The molecule has 0 unspecified atom stereocenters. The molecule has 0 atom stereocenters. The zero-order valence-electron chi connectivity index (χ0n) is 9.82. The summed E-state index contributed by atoms with van der Waals surface area (Å²) in [5, 5.41) is 0. The molecule has 0 spiro atoms. The Hall–Kier alpha value is -2.08. The molecule has 1 aromatic heterocycles. The number of rotatable bonds is 3. The minimum Gasteiger partial charge on any atom is -0.439 e. The van der Waals surface area contributed by atoms with Gasteiger partial charge in [0.2, 0.25) is 5.88 Å². The lowest BCUT2D eigenvalue weighted by molar-refractivity contribution is -0.137. The monoisotopic (exact) mass is 268 g/mol.